The summed E-state index contributed by atoms with van der Waals surface area (Å²) in [6.07, 6.45) is 8.15. The lowest BCUT2D eigenvalue weighted by molar-refractivity contribution is -0.140. The molecular weight excluding hydrogens is 276 g/mol. The van der Waals surface area contributed by atoms with Gasteiger partial charge in [0, 0.05) is 18.9 Å². The highest BCUT2D eigenvalue weighted by atomic mass is 16.5. The molecule has 7 nitrogen and oxygen atoms in total. The predicted octanol–water partition coefficient (Wildman–Crippen LogP) is 1.59. The number of β-lactam (4-membered cyclic amide) rings is 1. The number of hydrogen-bond donors (Lipinski definition) is 4. The fourth-order valence-corrected chi connectivity index (χ4v) is 1.88. The van der Waals surface area contributed by atoms with Crippen LogP contribution in [0.5, 0.6) is 0 Å². The Hall–Kier alpha value is -1.63. The molecule has 0 saturated carbocycles. The summed E-state index contributed by atoms with van der Waals surface area (Å²) in [5.74, 6) is -1.51. The van der Waals surface area contributed by atoms with Gasteiger partial charge in [-0.1, -0.05) is 39.0 Å². The lowest BCUT2D eigenvalue weighted by Crippen LogP contribution is -2.48. The molecule has 0 aromatic heterocycles. The van der Waals surface area contributed by atoms with Gasteiger partial charge in [0.1, 0.15) is 0 Å². The van der Waals surface area contributed by atoms with E-state index in [1.54, 1.807) is 0 Å². The van der Waals surface area contributed by atoms with Crippen LogP contribution in [0.3, 0.4) is 0 Å². The summed E-state index contributed by atoms with van der Waals surface area (Å²) in [7, 11) is 0. The quantitative estimate of drug-likeness (QED) is 0.223. The van der Waals surface area contributed by atoms with Crippen LogP contribution < -0.4 is 10.8 Å². The first-order chi connectivity index (χ1) is 9.99. The molecule has 0 spiro atoms. The van der Waals surface area contributed by atoms with Crippen molar-refractivity contribution in [1.82, 2.24) is 10.8 Å². The van der Waals surface area contributed by atoms with Crippen LogP contribution in [0.25, 0.3) is 0 Å². The lowest BCUT2D eigenvalue weighted by atomic mass is 9.99. The number of rotatable bonds is 9. The Kier molecular flexibility index (Phi) is 11.2. The van der Waals surface area contributed by atoms with Crippen molar-refractivity contribution in [2.24, 2.45) is 0 Å². The topological polar surface area (TPSA) is 116 Å². The summed E-state index contributed by atoms with van der Waals surface area (Å²) in [6.45, 7) is 2.23. The number of hydroxylamine groups is 1. The van der Waals surface area contributed by atoms with E-state index in [1.807, 2.05) is 0 Å². The largest absolute Gasteiger partial charge is 0.481 e. The molecule has 0 aromatic rings. The summed E-state index contributed by atoms with van der Waals surface area (Å²) in [5, 5.41) is 18.7. The first-order valence-corrected chi connectivity index (χ1v) is 7.43. The molecule has 1 saturated heterocycles. The first-order valence-electron chi connectivity index (χ1n) is 7.43. The van der Waals surface area contributed by atoms with Crippen molar-refractivity contribution in [2.75, 3.05) is 0 Å². The average Bonchev–Trinajstić information content (AvgIpc) is 2.43. The van der Waals surface area contributed by atoms with E-state index in [0.29, 0.717) is 6.04 Å². The molecule has 1 heterocycles. The van der Waals surface area contributed by atoms with Crippen LogP contribution in [0, 0.1) is 0 Å². The lowest BCUT2D eigenvalue weighted by Gasteiger charge is -2.26. The minimum absolute atomic E-state index is 0.189. The number of nitrogens with one attached hydrogen (secondary N) is 2. The van der Waals surface area contributed by atoms with E-state index in [2.05, 4.69) is 12.2 Å². The Morgan fingerprint density at radius 3 is 2.33 bits per heavy atom. The van der Waals surface area contributed by atoms with E-state index in [9.17, 15) is 14.4 Å². The highest BCUT2D eigenvalue weighted by molar-refractivity contribution is 5.82. The number of amides is 2. The van der Waals surface area contributed by atoms with E-state index < -0.39 is 11.9 Å². The van der Waals surface area contributed by atoms with Gasteiger partial charge in [0.2, 0.25) is 11.8 Å². The van der Waals surface area contributed by atoms with Crippen molar-refractivity contribution in [3.8, 4) is 0 Å². The smallest absolute Gasteiger partial charge is 0.303 e. The molecule has 122 valence electrons. The third-order valence-electron chi connectivity index (χ3n) is 3.14. The molecule has 21 heavy (non-hydrogen) atoms. The minimum atomic E-state index is -1.06. The summed E-state index contributed by atoms with van der Waals surface area (Å²) < 4.78 is 0. The van der Waals surface area contributed by atoms with Crippen molar-refractivity contribution >= 4 is 17.8 Å². The van der Waals surface area contributed by atoms with Crippen LogP contribution in [0.4, 0.5) is 0 Å². The monoisotopic (exact) mass is 302 g/mol. The second-order valence-electron chi connectivity index (χ2n) is 5.10. The molecule has 2 amide bonds. The summed E-state index contributed by atoms with van der Waals surface area (Å²) in [6, 6.07) is 0.513. The molecule has 7 heteroatoms. The third kappa shape index (κ3) is 11.9. The molecule has 0 bridgehead atoms. The summed E-state index contributed by atoms with van der Waals surface area (Å²) in [5.41, 5.74) is 1.32. The number of carbonyl (C=O) groups excluding carboxylic acids is 2. The minimum Gasteiger partial charge on any atom is -0.481 e. The maximum absolute atomic E-state index is 10.5. The van der Waals surface area contributed by atoms with Gasteiger partial charge in [-0.15, -0.1) is 0 Å². The Bertz CT molecular complexity index is 325. The molecule has 1 fully saturated rings. The zero-order chi connectivity index (χ0) is 16.1. The number of aliphatic carboxylic acids is 1. The number of carboxylic acid groups (broad SMARTS) is 1. The van der Waals surface area contributed by atoms with Gasteiger partial charge in [0.05, 0.1) is 6.42 Å². The van der Waals surface area contributed by atoms with Crippen molar-refractivity contribution < 1.29 is 24.7 Å². The van der Waals surface area contributed by atoms with Gasteiger partial charge < -0.3 is 10.4 Å². The average molecular weight is 302 g/mol. The summed E-state index contributed by atoms with van der Waals surface area (Å²) in [4.78, 5) is 30.4. The zero-order valence-electron chi connectivity index (χ0n) is 12.6. The van der Waals surface area contributed by atoms with Crippen LogP contribution in [-0.2, 0) is 14.4 Å². The predicted molar refractivity (Wildman–Crippen MR) is 76.7 cm³/mol. The van der Waals surface area contributed by atoms with Crippen molar-refractivity contribution in [2.45, 2.75) is 70.8 Å². The molecule has 0 aliphatic carbocycles. The van der Waals surface area contributed by atoms with Gasteiger partial charge in [-0.3, -0.25) is 19.6 Å². The van der Waals surface area contributed by atoms with E-state index >= 15 is 0 Å². The van der Waals surface area contributed by atoms with Crippen molar-refractivity contribution in [3.63, 3.8) is 0 Å². The molecule has 1 aliphatic heterocycles. The van der Waals surface area contributed by atoms with Crippen LogP contribution in [0.2, 0.25) is 0 Å². The third-order valence-corrected chi connectivity index (χ3v) is 3.14. The highest BCUT2D eigenvalue weighted by Crippen LogP contribution is 2.13. The number of hydrogen-bond acceptors (Lipinski definition) is 4. The maximum Gasteiger partial charge on any atom is 0.303 e. The van der Waals surface area contributed by atoms with Crippen LogP contribution in [0.1, 0.15) is 64.7 Å². The Labute approximate surface area is 125 Å². The van der Waals surface area contributed by atoms with Gasteiger partial charge in [0.25, 0.3) is 0 Å². The van der Waals surface area contributed by atoms with E-state index in [4.69, 9.17) is 10.3 Å². The maximum atomic E-state index is 10.5. The number of unbranched alkanes of at least 4 members (excludes halogenated alkanes) is 4. The normalized spacial score (nSPS) is 16.1. The molecule has 1 aliphatic rings. The molecule has 1 rings (SSSR count). The first kappa shape index (κ1) is 19.4. The fraction of sp³-hybridized carbons (Fsp3) is 0.786. The molecule has 1 atom stereocenters. The second kappa shape index (κ2) is 12.1. The Balaban J connectivity index is 0.000000400. The number of carbonyl (C=O) groups is 3. The van der Waals surface area contributed by atoms with E-state index in [0.717, 1.165) is 6.42 Å². The molecule has 0 radical (unpaired) electrons. The highest BCUT2D eigenvalue weighted by Gasteiger charge is 2.23. The number of carboxylic acids is 1. The molecular formula is C14H26N2O5. The second-order valence-corrected chi connectivity index (χ2v) is 5.10. The standard InChI is InChI=1S/C10H19NO.C4H7NO4/c1-2-3-4-5-6-7-9-8-10(12)11-9;6-3(5-9)1-2-4(7)8/h9H,2-8H2,1H3,(H,11,12);9H,1-2H2,(H,5,6)(H,7,8). The molecule has 1 unspecified atom stereocenters. The van der Waals surface area contributed by atoms with Crippen LogP contribution in [-0.4, -0.2) is 34.1 Å². The summed E-state index contributed by atoms with van der Waals surface area (Å²) >= 11 is 0. The SMILES string of the molecule is CCCCCCCC1CC(=O)N1.O=C(O)CCC(=O)NO. The molecule has 0 aromatic carbocycles. The van der Waals surface area contributed by atoms with Crippen molar-refractivity contribution in [1.29, 1.82) is 0 Å². The van der Waals surface area contributed by atoms with Gasteiger partial charge in [-0.05, 0) is 6.42 Å². The van der Waals surface area contributed by atoms with Gasteiger partial charge in [-0.2, -0.15) is 0 Å². The van der Waals surface area contributed by atoms with Crippen LogP contribution in [0.15, 0.2) is 0 Å². The molecule has 4 N–H and O–H groups in total. The van der Waals surface area contributed by atoms with Gasteiger partial charge in [0.15, 0.2) is 0 Å². The zero-order valence-corrected chi connectivity index (χ0v) is 12.6. The van der Waals surface area contributed by atoms with Gasteiger partial charge >= 0.3 is 5.97 Å². The van der Waals surface area contributed by atoms with E-state index in [-0.39, 0.29) is 18.7 Å². The van der Waals surface area contributed by atoms with Crippen molar-refractivity contribution in [3.05, 3.63) is 0 Å². The van der Waals surface area contributed by atoms with E-state index in [1.165, 1.54) is 44.0 Å². The van der Waals surface area contributed by atoms with Crippen LogP contribution >= 0.6 is 0 Å². The Morgan fingerprint density at radius 2 is 1.86 bits per heavy atom. The van der Waals surface area contributed by atoms with Gasteiger partial charge in [-0.25, -0.2) is 5.48 Å². The fourth-order valence-electron chi connectivity index (χ4n) is 1.88. The Morgan fingerprint density at radius 1 is 1.24 bits per heavy atom.